The van der Waals surface area contributed by atoms with Crippen LogP contribution in [0, 0.1) is 0 Å². The summed E-state index contributed by atoms with van der Waals surface area (Å²) >= 11 is 0. The summed E-state index contributed by atoms with van der Waals surface area (Å²) in [4.78, 5) is 25.5. The lowest BCUT2D eigenvalue weighted by atomic mass is 9.91. The molecule has 19 heavy (non-hydrogen) atoms. The predicted molar refractivity (Wildman–Crippen MR) is 71.9 cm³/mol. The van der Waals surface area contributed by atoms with E-state index in [0.717, 1.165) is 51.5 Å². The van der Waals surface area contributed by atoms with Crippen molar-refractivity contribution in [1.29, 1.82) is 0 Å². The zero-order valence-electron chi connectivity index (χ0n) is 11.7. The van der Waals surface area contributed by atoms with E-state index in [2.05, 4.69) is 5.32 Å². The lowest BCUT2D eigenvalue weighted by Crippen LogP contribution is -2.57. The summed E-state index contributed by atoms with van der Waals surface area (Å²) < 4.78 is 0. The highest BCUT2D eigenvalue weighted by molar-refractivity contribution is 5.89. The van der Waals surface area contributed by atoms with Crippen LogP contribution in [0.2, 0.25) is 0 Å². The second kappa shape index (κ2) is 5.90. The number of aliphatic carboxylic acids is 1. The molecule has 1 amide bonds. The molecule has 1 unspecified atom stereocenters. The lowest BCUT2D eigenvalue weighted by molar-refractivity contribution is -0.149. The Morgan fingerprint density at radius 1 is 1.32 bits per heavy atom. The van der Waals surface area contributed by atoms with Crippen molar-refractivity contribution in [3.63, 3.8) is 0 Å². The summed E-state index contributed by atoms with van der Waals surface area (Å²) in [6.07, 6.45) is 6.63. The van der Waals surface area contributed by atoms with E-state index in [1.165, 1.54) is 0 Å². The minimum Gasteiger partial charge on any atom is -0.480 e. The van der Waals surface area contributed by atoms with Crippen molar-refractivity contribution in [3.05, 3.63) is 0 Å². The van der Waals surface area contributed by atoms with Crippen LogP contribution in [0.5, 0.6) is 0 Å². The molecular formula is C14H24N2O3. The van der Waals surface area contributed by atoms with Gasteiger partial charge in [0.25, 0.3) is 0 Å². The Labute approximate surface area is 114 Å². The van der Waals surface area contributed by atoms with Gasteiger partial charge in [-0.05, 0) is 38.6 Å². The molecule has 0 bridgehead atoms. The van der Waals surface area contributed by atoms with Gasteiger partial charge in [-0.15, -0.1) is 0 Å². The summed E-state index contributed by atoms with van der Waals surface area (Å²) in [5.74, 6) is -0.911. The summed E-state index contributed by atoms with van der Waals surface area (Å²) in [6.45, 7) is 2.70. The van der Waals surface area contributed by atoms with Gasteiger partial charge in [0.2, 0.25) is 5.91 Å². The Hall–Kier alpha value is -1.10. The third kappa shape index (κ3) is 2.91. The van der Waals surface area contributed by atoms with E-state index < -0.39 is 11.5 Å². The summed E-state index contributed by atoms with van der Waals surface area (Å²) in [5, 5.41) is 12.4. The average molecular weight is 268 g/mol. The largest absolute Gasteiger partial charge is 0.480 e. The third-order valence-corrected chi connectivity index (χ3v) is 4.59. The second-order valence-electron chi connectivity index (χ2n) is 5.73. The molecule has 0 aromatic rings. The van der Waals surface area contributed by atoms with Gasteiger partial charge in [-0.1, -0.05) is 19.8 Å². The molecule has 2 fully saturated rings. The third-order valence-electron chi connectivity index (χ3n) is 4.59. The SMILES string of the molecule is CCC1(C(=O)N(CC(=O)O)C2CCCC2)CCCN1. The number of carboxylic acids is 1. The van der Waals surface area contributed by atoms with Crippen molar-refractivity contribution in [2.45, 2.75) is 63.5 Å². The molecule has 2 aliphatic rings. The van der Waals surface area contributed by atoms with Gasteiger partial charge in [-0.25, -0.2) is 0 Å². The standard InChI is InChI=1S/C14H24N2O3/c1-2-14(8-5-9-15-14)13(19)16(10-12(17)18)11-6-3-4-7-11/h11,15H,2-10H2,1H3,(H,17,18). The number of carboxylic acid groups (broad SMARTS) is 1. The molecular weight excluding hydrogens is 244 g/mol. The van der Waals surface area contributed by atoms with Gasteiger partial charge in [0.1, 0.15) is 6.54 Å². The monoisotopic (exact) mass is 268 g/mol. The van der Waals surface area contributed by atoms with E-state index in [1.807, 2.05) is 6.92 Å². The van der Waals surface area contributed by atoms with Crippen molar-refractivity contribution in [2.24, 2.45) is 0 Å². The van der Waals surface area contributed by atoms with Gasteiger partial charge in [0.05, 0.1) is 5.54 Å². The van der Waals surface area contributed by atoms with Gasteiger partial charge in [0, 0.05) is 6.04 Å². The zero-order chi connectivity index (χ0) is 13.9. The number of nitrogens with zero attached hydrogens (tertiary/aromatic N) is 1. The molecule has 5 heteroatoms. The maximum absolute atomic E-state index is 12.8. The number of rotatable bonds is 5. The van der Waals surface area contributed by atoms with E-state index in [0.29, 0.717) is 0 Å². The molecule has 1 atom stereocenters. The number of hydrogen-bond donors (Lipinski definition) is 2. The molecule has 0 aromatic heterocycles. The number of hydrogen-bond acceptors (Lipinski definition) is 3. The van der Waals surface area contributed by atoms with Gasteiger partial charge in [0.15, 0.2) is 0 Å². The van der Waals surface area contributed by atoms with Crippen LogP contribution in [0.15, 0.2) is 0 Å². The molecule has 1 saturated heterocycles. The minimum absolute atomic E-state index is 0.00167. The van der Waals surface area contributed by atoms with E-state index in [1.54, 1.807) is 4.90 Å². The normalized spacial score (nSPS) is 27.6. The van der Waals surface area contributed by atoms with Crippen LogP contribution in [0.25, 0.3) is 0 Å². The second-order valence-corrected chi connectivity index (χ2v) is 5.73. The van der Waals surface area contributed by atoms with Crippen molar-refractivity contribution in [3.8, 4) is 0 Å². The molecule has 1 aliphatic carbocycles. The van der Waals surface area contributed by atoms with Crippen molar-refractivity contribution >= 4 is 11.9 Å². The summed E-state index contributed by atoms with van der Waals surface area (Å²) in [6, 6.07) is 0.120. The topological polar surface area (TPSA) is 69.6 Å². The fourth-order valence-corrected chi connectivity index (χ4v) is 3.45. The zero-order valence-corrected chi connectivity index (χ0v) is 11.7. The van der Waals surface area contributed by atoms with Crippen LogP contribution >= 0.6 is 0 Å². The maximum atomic E-state index is 12.8. The molecule has 1 aliphatic heterocycles. The Morgan fingerprint density at radius 3 is 2.47 bits per heavy atom. The van der Waals surface area contributed by atoms with Crippen LogP contribution in [-0.4, -0.2) is 46.6 Å². The number of carbonyl (C=O) groups is 2. The van der Waals surface area contributed by atoms with E-state index in [-0.39, 0.29) is 18.5 Å². The van der Waals surface area contributed by atoms with Gasteiger partial charge in [-0.3, -0.25) is 9.59 Å². The molecule has 108 valence electrons. The first-order chi connectivity index (χ1) is 9.09. The molecule has 1 saturated carbocycles. The molecule has 1 heterocycles. The Kier molecular flexibility index (Phi) is 4.45. The number of carbonyl (C=O) groups excluding carboxylic acids is 1. The predicted octanol–water partition coefficient (Wildman–Crippen LogP) is 1.37. The van der Waals surface area contributed by atoms with Crippen molar-refractivity contribution < 1.29 is 14.7 Å². The van der Waals surface area contributed by atoms with Crippen molar-refractivity contribution in [1.82, 2.24) is 10.2 Å². The fourth-order valence-electron chi connectivity index (χ4n) is 3.45. The Morgan fingerprint density at radius 2 is 2.00 bits per heavy atom. The first-order valence-corrected chi connectivity index (χ1v) is 7.37. The highest BCUT2D eigenvalue weighted by Crippen LogP contribution is 2.30. The van der Waals surface area contributed by atoms with Gasteiger partial charge >= 0.3 is 5.97 Å². The molecule has 0 radical (unpaired) electrons. The lowest BCUT2D eigenvalue weighted by Gasteiger charge is -2.36. The highest BCUT2D eigenvalue weighted by atomic mass is 16.4. The molecule has 0 aromatic carbocycles. The van der Waals surface area contributed by atoms with Gasteiger partial charge < -0.3 is 15.3 Å². The van der Waals surface area contributed by atoms with E-state index in [4.69, 9.17) is 5.11 Å². The molecule has 2 N–H and O–H groups in total. The average Bonchev–Trinajstić information content (AvgIpc) is 3.06. The van der Waals surface area contributed by atoms with Crippen LogP contribution in [0.4, 0.5) is 0 Å². The minimum atomic E-state index is -0.912. The fraction of sp³-hybridized carbons (Fsp3) is 0.857. The maximum Gasteiger partial charge on any atom is 0.323 e. The highest BCUT2D eigenvalue weighted by Gasteiger charge is 2.44. The first-order valence-electron chi connectivity index (χ1n) is 7.37. The van der Waals surface area contributed by atoms with Crippen LogP contribution in [-0.2, 0) is 9.59 Å². The first kappa shape index (κ1) is 14.3. The van der Waals surface area contributed by atoms with E-state index >= 15 is 0 Å². The number of nitrogens with one attached hydrogen (secondary N) is 1. The summed E-state index contributed by atoms with van der Waals surface area (Å²) in [5.41, 5.74) is -0.516. The van der Waals surface area contributed by atoms with Crippen LogP contribution in [0.3, 0.4) is 0 Å². The Balaban J connectivity index is 2.16. The van der Waals surface area contributed by atoms with E-state index in [9.17, 15) is 9.59 Å². The molecule has 5 nitrogen and oxygen atoms in total. The quantitative estimate of drug-likeness (QED) is 0.790. The number of amides is 1. The molecule has 0 spiro atoms. The van der Waals surface area contributed by atoms with Crippen LogP contribution < -0.4 is 5.32 Å². The Bertz CT molecular complexity index is 345. The van der Waals surface area contributed by atoms with Crippen molar-refractivity contribution in [2.75, 3.05) is 13.1 Å². The summed E-state index contributed by atoms with van der Waals surface area (Å²) in [7, 11) is 0. The van der Waals surface area contributed by atoms with Gasteiger partial charge in [-0.2, -0.15) is 0 Å². The smallest absolute Gasteiger partial charge is 0.323 e. The molecule has 2 rings (SSSR count). The van der Waals surface area contributed by atoms with Crippen LogP contribution in [0.1, 0.15) is 51.9 Å².